The lowest BCUT2D eigenvalue weighted by Gasteiger charge is -2.27. The van der Waals surface area contributed by atoms with Crippen LogP contribution < -0.4 is 15.0 Å². The van der Waals surface area contributed by atoms with E-state index in [0.29, 0.717) is 5.56 Å². The molecular weight excluding hydrogens is 596 g/mol. The minimum Gasteiger partial charge on any atom is -0.487 e. The number of alkyl carbamates (subject to hydrolysis) is 1. The highest BCUT2D eigenvalue weighted by molar-refractivity contribution is 9.10. The standard InChI is InChI=1S/C25H27BrF4N2O7/c1-24(2,3)39-23(37)31-15(12-33)9-16-17(26)10-18(38-13-14-7-5-4-6-8-14)21(20(16)27)32(11-19(34)35)22(36)25(28,29)30/h4-8,10,15,33H,9,11-13H2,1-3H3,(H,31,37)(H,34,35)/t15-/m0/s1. The lowest BCUT2D eigenvalue weighted by Crippen LogP contribution is -2.45. The maximum atomic E-state index is 16.0. The quantitative estimate of drug-likeness (QED) is 0.331. The molecule has 0 aromatic heterocycles. The topological polar surface area (TPSA) is 125 Å². The zero-order valence-electron chi connectivity index (χ0n) is 21.1. The number of hydrogen-bond donors (Lipinski definition) is 3. The molecule has 0 aliphatic carbocycles. The van der Waals surface area contributed by atoms with Gasteiger partial charge in [0.1, 0.15) is 30.2 Å². The summed E-state index contributed by atoms with van der Waals surface area (Å²) in [6, 6.07) is 8.20. The molecule has 0 spiro atoms. The predicted octanol–water partition coefficient (Wildman–Crippen LogP) is 4.58. The Labute approximate surface area is 229 Å². The van der Waals surface area contributed by atoms with Crippen molar-refractivity contribution in [2.24, 2.45) is 0 Å². The Kier molecular flexibility index (Phi) is 10.7. The summed E-state index contributed by atoms with van der Waals surface area (Å²) in [6.07, 6.45) is -6.96. The summed E-state index contributed by atoms with van der Waals surface area (Å²) in [7, 11) is 0. The molecule has 214 valence electrons. The number of aliphatic hydroxyl groups excluding tert-OH is 1. The van der Waals surface area contributed by atoms with Crippen LogP contribution in [-0.4, -0.2) is 59.2 Å². The summed E-state index contributed by atoms with van der Waals surface area (Å²) in [6.45, 7) is 2.27. The molecule has 14 heteroatoms. The highest BCUT2D eigenvalue weighted by atomic mass is 79.9. The molecule has 0 aliphatic rings. The number of halogens is 5. The highest BCUT2D eigenvalue weighted by Crippen LogP contribution is 2.40. The van der Waals surface area contributed by atoms with Crippen LogP contribution in [0, 0.1) is 5.82 Å². The zero-order chi connectivity index (χ0) is 29.5. The summed E-state index contributed by atoms with van der Waals surface area (Å²) in [4.78, 5) is 35.5. The van der Waals surface area contributed by atoms with Gasteiger partial charge in [0.15, 0.2) is 5.82 Å². The molecule has 9 nitrogen and oxygen atoms in total. The van der Waals surface area contributed by atoms with Crippen molar-refractivity contribution in [2.45, 2.75) is 51.6 Å². The van der Waals surface area contributed by atoms with E-state index in [1.165, 1.54) is 0 Å². The minimum absolute atomic E-state index is 0.0361. The number of amides is 2. The second kappa shape index (κ2) is 13.1. The number of carbonyl (C=O) groups is 3. The second-order valence-electron chi connectivity index (χ2n) is 9.28. The van der Waals surface area contributed by atoms with Gasteiger partial charge in [-0.05, 0) is 38.8 Å². The lowest BCUT2D eigenvalue weighted by atomic mass is 10.0. The molecule has 0 heterocycles. The first-order valence-corrected chi connectivity index (χ1v) is 12.2. The third kappa shape index (κ3) is 9.39. The van der Waals surface area contributed by atoms with Gasteiger partial charge in [0.25, 0.3) is 0 Å². The van der Waals surface area contributed by atoms with Gasteiger partial charge in [0, 0.05) is 10.0 Å². The van der Waals surface area contributed by atoms with Gasteiger partial charge in [-0.25, -0.2) is 9.18 Å². The summed E-state index contributed by atoms with van der Waals surface area (Å²) in [5.41, 5.74) is -1.77. The van der Waals surface area contributed by atoms with Crippen molar-refractivity contribution in [3.63, 3.8) is 0 Å². The van der Waals surface area contributed by atoms with E-state index in [-0.39, 0.29) is 21.5 Å². The van der Waals surface area contributed by atoms with Gasteiger partial charge < -0.3 is 25.0 Å². The number of aliphatic carboxylic acids is 1. The van der Waals surface area contributed by atoms with Crippen LogP contribution >= 0.6 is 15.9 Å². The highest BCUT2D eigenvalue weighted by Gasteiger charge is 2.45. The SMILES string of the molecule is CC(C)(C)OC(=O)N[C@H](CO)Cc1c(Br)cc(OCc2ccccc2)c(N(CC(=O)O)C(=O)C(F)(F)F)c1F. The van der Waals surface area contributed by atoms with Crippen molar-refractivity contribution in [3.8, 4) is 5.75 Å². The molecule has 0 unspecified atom stereocenters. The molecule has 1 atom stereocenters. The molecule has 0 fully saturated rings. The number of hydrogen-bond acceptors (Lipinski definition) is 6. The fourth-order valence-corrected chi connectivity index (χ4v) is 3.88. The Balaban J connectivity index is 2.60. The monoisotopic (exact) mass is 622 g/mol. The minimum atomic E-state index is -5.54. The second-order valence-corrected chi connectivity index (χ2v) is 10.1. The first kappa shape index (κ1) is 31.8. The maximum Gasteiger partial charge on any atom is 0.471 e. The number of nitrogens with zero attached hydrogens (tertiary/aromatic N) is 1. The Hall–Kier alpha value is -3.39. The van der Waals surface area contributed by atoms with Crippen molar-refractivity contribution in [1.82, 2.24) is 5.32 Å². The van der Waals surface area contributed by atoms with Crippen molar-refractivity contribution in [2.75, 3.05) is 18.1 Å². The number of carboxylic acids is 1. The van der Waals surface area contributed by atoms with E-state index >= 15 is 4.39 Å². The van der Waals surface area contributed by atoms with Crippen LogP contribution in [0.3, 0.4) is 0 Å². The molecule has 0 saturated heterocycles. The molecule has 0 saturated carbocycles. The smallest absolute Gasteiger partial charge is 0.471 e. The van der Waals surface area contributed by atoms with Gasteiger partial charge >= 0.3 is 24.1 Å². The van der Waals surface area contributed by atoms with Crippen LogP contribution in [0.25, 0.3) is 0 Å². The Bertz CT molecular complexity index is 1190. The summed E-state index contributed by atoms with van der Waals surface area (Å²) in [5.74, 6) is -6.44. The summed E-state index contributed by atoms with van der Waals surface area (Å²) >= 11 is 3.12. The van der Waals surface area contributed by atoms with Gasteiger partial charge in [-0.1, -0.05) is 46.3 Å². The van der Waals surface area contributed by atoms with Gasteiger partial charge in [-0.15, -0.1) is 0 Å². The van der Waals surface area contributed by atoms with E-state index in [1.54, 1.807) is 51.1 Å². The number of anilines is 1. The van der Waals surface area contributed by atoms with Crippen LogP contribution in [0.4, 0.5) is 28.0 Å². The number of aliphatic hydroxyl groups is 1. The normalized spacial score (nSPS) is 12.4. The number of benzene rings is 2. The van der Waals surface area contributed by atoms with Gasteiger partial charge in [-0.2, -0.15) is 13.2 Å². The first-order chi connectivity index (χ1) is 18.0. The first-order valence-electron chi connectivity index (χ1n) is 11.4. The number of ether oxygens (including phenoxy) is 2. The van der Waals surface area contributed by atoms with E-state index in [4.69, 9.17) is 9.47 Å². The number of rotatable bonds is 10. The third-order valence-electron chi connectivity index (χ3n) is 4.93. The number of alkyl halides is 3. The number of carbonyl (C=O) groups excluding carboxylic acids is 2. The van der Waals surface area contributed by atoms with Crippen LogP contribution in [0.5, 0.6) is 5.75 Å². The molecule has 0 bridgehead atoms. The van der Waals surface area contributed by atoms with Crippen LogP contribution in [0.2, 0.25) is 0 Å². The lowest BCUT2D eigenvalue weighted by molar-refractivity contribution is -0.171. The van der Waals surface area contributed by atoms with Gasteiger partial charge in [0.05, 0.1) is 12.6 Å². The van der Waals surface area contributed by atoms with Crippen molar-refractivity contribution < 1.29 is 51.6 Å². The van der Waals surface area contributed by atoms with Crippen LogP contribution in [0.15, 0.2) is 40.9 Å². The Morgan fingerprint density at radius 1 is 1.13 bits per heavy atom. The average Bonchev–Trinajstić information content (AvgIpc) is 2.81. The van der Waals surface area contributed by atoms with Crippen molar-refractivity contribution >= 4 is 39.6 Å². The van der Waals surface area contributed by atoms with Crippen molar-refractivity contribution in [3.05, 3.63) is 57.8 Å². The third-order valence-corrected chi connectivity index (χ3v) is 5.64. The molecule has 2 aromatic carbocycles. The Morgan fingerprint density at radius 2 is 1.74 bits per heavy atom. The Morgan fingerprint density at radius 3 is 2.26 bits per heavy atom. The molecule has 0 aliphatic heterocycles. The molecule has 0 radical (unpaired) electrons. The molecule has 2 aromatic rings. The molecule has 2 amide bonds. The molecule has 3 N–H and O–H groups in total. The fourth-order valence-electron chi connectivity index (χ4n) is 3.33. The molecular formula is C25H27BrF4N2O7. The van der Waals surface area contributed by atoms with Gasteiger partial charge in [0.2, 0.25) is 0 Å². The summed E-state index contributed by atoms with van der Waals surface area (Å²) in [5, 5.41) is 21.3. The fraction of sp³-hybridized carbons (Fsp3) is 0.400. The molecule has 2 rings (SSSR count). The number of carboxylic acid groups (broad SMARTS) is 1. The van der Waals surface area contributed by atoms with E-state index in [0.717, 1.165) is 6.07 Å². The predicted molar refractivity (Wildman–Crippen MR) is 135 cm³/mol. The zero-order valence-corrected chi connectivity index (χ0v) is 22.7. The number of nitrogens with one attached hydrogen (secondary N) is 1. The van der Waals surface area contributed by atoms with Gasteiger partial charge in [-0.3, -0.25) is 14.5 Å². The average molecular weight is 623 g/mol. The molecule has 39 heavy (non-hydrogen) atoms. The maximum absolute atomic E-state index is 16.0. The van der Waals surface area contributed by atoms with Crippen LogP contribution in [-0.2, 0) is 27.4 Å². The van der Waals surface area contributed by atoms with Crippen molar-refractivity contribution in [1.29, 1.82) is 0 Å². The van der Waals surface area contributed by atoms with E-state index in [2.05, 4.69) is 21.2 Å². The van der Waals surface area contributed by atoms with E-state index < -0.39 is 72.6 Å². The summed E-state index contributed by atoms with van der Waals surface area (Å²) < 4.78 is 66.9. The van der Waals surface area contributed by atoms with Crippen LogP contribution in [0.1, 0.15) is 31.9 Å². The van der Waals surface area contributed by atoms with E-state index in [9.17, 15) is 37.8 Å². The van der Waals surface area contributed by atoms with E-state index in [1.807, 2.05) is 0 Å². The largest absolute Gasteiger partial charge is 0.487 e.